The zero-order valence-corrected chi connectivity index (χ0v) is 8.65. The Morgan fingerprint density at radius 3 is 1.92 bits per heavy atom. The fourth-order valence-electron chi connectivity index (χ4n) is 2.10. The molecule has 2 rings (SSSR count). The van der Waals surface area contributed by atoms with Crippen molar-refractivity contribution in [2.75, 3.05) is 13.1 Å². The lowest BCUT2D eigenvalue weighted by Gasteiger charge is -2.31. The Labute approximate surface area is 79.8 Å². The van der Waals surface area contributed by atoms with Gasteiger partial charge in [-0.05, 0) is 38.8 Å². The fourth-order valence-corrected chi connectivity index (χ4v) is 4.52. The topological polar surface area (TPSA) is 46.2 Å². The van der Waals surface area contributed by atoms with Gasteiger partial charge in [0.1, 0.15) is 0 Å². The molecule has 0 aromatic carbocycles. The van der Waals surface area contributed by atoms with Gasteiger partial charge in [0, 0.05) is 0 Å². The molecule has 0 radical (unpaired) electrons. The maximum atomic E-state index is 11.9. The van der Waals surface area contributed by atoms with Crippen LogP contribution < -0.4 is 5.32 Å². The van der Waals surface area contributed by atoms with Gasteiger partial charge < -0.3 is 5.32 Å². The molecule has 0 amide bonds. The molecule has 0 atom stereocenters. The molecule has 0 unspecified atom stereocenters. The van der Waals surface area contributed by atoms with E-state index in [9.17, 15) is 8.42 Å². The quantitative estimate of drug-likeness (QED) is 0.719. The second-order valence-electron chi connectivity index (χ2n) is 4.09. The molecule has 13 heavy (non-hydrogen) atoms. The van der Waals surface area contributed by atoms with E-state index < -0.39 is 9.84 Å². The Morgan fingerprint density at radius 2 is 1.46 bits per heavy atom. The highest BCUT2D eigenvalue weighted by atomic mass is 32.2. The minimum Gasteiger partial charge on any atom is -0.317 e. The Hall–Kier alpha value is -0.0900. The van der Waals surface area contributed by atoms with Crippen molar-refractivity contribution in [1.82, 2.24) is 5.32 Å². The zero-order chi connectivity index (χ0) is 9.31. The zero-order valence-electron chi connectivity index (χ0n) is 7.83. The van der Waals surface area contributed by atoms with E-state index in [1.165, 1.54) is 0 Å². The van der Waals surface area contributed by atoms with Crippen molar-refractivity contribution in [3.8, 4) is 0 Å². The van der Waals surface area contributed by atoms with Crippen LogP contribution in [-0.4, -0.2) is 32.0 Å². The van der Waals surface area contributed by atoms with Crippen molar-refractivity contribution in [1.29, 1.82) is 0 Å². The summed E-state index contributed by atoms with van der Waals surface area (Å²) in [5, 5.41) is 3.16. The van der Waals surface area contributed by atoms with Crippen LogP contribution >= 0.6 is 0 Å². The van der Waals surface area contributed by atoms with Gasteiger partial charge in [0.05, 0.1) is 10.5 Å². The third kappa shape index (κ3) is 1.74. The highest BCUT2D eigenvalue weighted by Gasteiger charge is 2.37. The van der Waals surface area contributed by atoms with E-state index in [-0.39, 0.29) is 10.5 Å². The van der Waals surface area contributed by atoms with E-state index in [0.29, 0.717) is 0 Å². The summed E-state index contributed by atoms with van der Waals surface area (Å²) < 4.78 is 23.9. The molecule has 3 nitrogen and oxygen atoms in total. The third-order valence-electron chi connectivity index (χ3n) is 3.27. The first-order chi connectivity index (χ1) is 6.21. The smallest absolute Gasteiger partial charge is 0.156 e. The largest absolute Gasteiger partial charge is 0.317 e. The van der Waals surface area contributed by atoms with Gasteiger partial charge in [0.15, 0.2) is 9.84 Å². The first kappa shape index (κ1) is 9.46. The van der Waals surface area contributed by atoms with Crippen molar-refractivity contribution in [2.24, 2.45) is 0 Å². The molecule has 1 saturated carbocycles. The summed E-state index contributed by atoms with van der Waals surface area (Å²) in [5.74, 6) is 0. The summed E-state index contributed by atoms with van der Waals surface area (Å²) in [6.07, 6.45) is 4.56. The van der Waals surface area contributed by atoms with Gasteiger partial charge in [-0.2, -0.15) is 0 Å². The van der Waals surface area contributed by atoms with Crippen LogP contribution in [0.15, 0.2) is 0 Å². The predicted octanol–water partition coefficient (Wildman–Crippen LogP) is 0.706. The van der Waals surface area contributed by atoms with Crippen molar-refractivity contribution >= 4 is 9.84 Å². The van der Waals surface area contributed by atoms with Gasteiger partial charge in [-0.15, -0.1) is 0 Å². The van der Waals surface area contributed by atoms with Crippen LogP contribution in [-0.2, 0) is 9.84 Å². The number of rotatable bonds is 2. The highest BCUT2D eigenvalue weighted by Crippen LogP contribution is 2.31. The van der Waals surface area contributed by atoms with Gasteiger partial charge in [0.2, 0.25) is 0 Å². The molecule has 76 valence electrons. The Balaban J connectivity index is 2.03. The summed E-state index contributed by atoms with van der Waals surface area (Å²) in [7, 11) is -2.77. The van der Waals surface area contributed by atoms with Crippen LogP contribution in [0.4, 0.5) is 0 Å². The normalized spacial score (nSPS) is 27.1. The lowest BCUT2D eigenvalue weighted by atomic mass is 10.00. The fraction of sp³-hybridized carbons (Fsp3) is 1.00. The average Bonchev–Trinajstić information content (AvgIpc) is 2.02. The number of hydrogen-bond donors (Lipinski definition) is 1. The van der Waals surface area contributed by atoms with Crippen molar-refractivity contribution in [2.45, 2.75) is 42.6 Å². The number of hydrogen-bond acceptors (Lipinski definition) is 3. The molecule has 2 aliphatic rings. The average molecular weight is 203 g/mol. The highest BCUT2D eigenvalue weighted by molar-refractivity contribution is 7.92. The van der Waals surface area contributed by atoms with Crippen LogP contribution in [0.3, 0.4) is 0 Å². The molecule has 2 fully saturated rings. The molecule has 1 heterocycles. The number of nitrogens with one attached hydrogen (secondary N) is 1. The summed E-state index contributed by atoms with van der Waals surface area (Å²) in [6.45, 7) is 1.74. The minimum absolute atomic E-state index is 0.00981. The lowest BCUT2D eigenvalue weighted by Crippen LogP contribution is -2.42. The molecular weight excluding hydrogens is 186 g/mol. The lowest BCUT2D eigenvalue weighted by molar-refractivity contribution is 0.446. The molecule has 0 spiro atoms. The molecule has 0 aromatic heterocycles. The monoisotopic (exact) mass is 203 g/mol. The third-order valence-corrected chi connectivity index (χ3v) is 6.07. The molecular formula is C9H17NO2S. The first-order valence-electron chi connectivity index (χ1n) is 5.14. The van der Waals surface area contributed by atoms with Gasteiger partial charge in [0.25, 0.3) is 0 Å². The summed E-state index contributed by atoms with van der Waals surface area (Å²) in [6, 6.07) is 0. The van der Waals surface area contributed by atoms with E-state index in [4.69, 9.17) is 0 Å². The van der Waals surface area contributed by atoms with Gasteiger partial charge in [-0.25, -0.2) is 8.42 Å². The molecule has 4 heteroatoms. The molecule has 0 bridgehead atoms. The van der Waals surface area contributed by atoms with Crippen LogP contribution in [0, 0.1) is 0 Å². The van der Waals surface area contributed by atoms with Crippen molar-refractivity contribution in [3.05, 3.63) is 0 Å². The summed E-state index contributed by atoms with van der Waals surface area (Å²) in [4.78, 5) is 0. The van der Waals surface area contributed by atoms with Crippen LogP contribution in [0.5, 0.6) is 0 Å². The van der Waals surface area contributed by atoms with E-state index in [1.807, 2.05) is 0 Å². The maximum absolute atomic E-state index is 11.9. The maximum Gasteiger partial charge on any atom is 0.156 e. The molecule has 1 aliphatic heterocycles. The predicted molar refractivity (Wildman–Crippen MR) is 52.5 cm³/mol. The summed E-state index contributed by atoms with van der Waals surface area (Å²) >= 11 is 0. The molecule has 1 aliphatic carbocycles. The van der Waals surface area contributed by atoms with Gasteiger partial charge in [-0.1, -0.05) is 6.42 Å². The van der Waals surface area contributed by atoms with Crippen LogP contribution in [0.25, 0.3) is 0 Å². The van der Waals surface area contributed by atoms with E-state index >= 15 is 0 Å². The standard InChI is InChI=1S/C9H17NO2S/c11-13(12,8-2-1-3-8)9-4-6-10-7-5-9/h8-10H,1-7H2. The second-order valence-corrected chi connectivity index (χ2v) is 6.60. The van der Waals surface area contributed by atoms with Crippen molar-refractivity contribution < 1.29 is 8.42 Å². The van der Waals surface area contributed by atoms with Gasteiger partial charge in [-0.3, -0.25) is 0 Å². The van der Waals surface area contributed by atoms with Gasteiger partial charge >= 0.3 is 0 Å². The Bertz CT molecular complexity index is 263. The summed E-state index contributed by atoms with van der Waals surface area (Å²) in [5.41, 5.74) is 0. The number of sulfone groups is 1. The minimum atomic E-state index is -2.77. The van der Waals surface area contributed by atoms with E-state index in [0.717, 1.165) is 45.2 Å². The van der Waals surface area contributed by atoms with E-state index in [1.54, 1.807) is 0 Å². The molecule has 1 N–H and O–H groups in total. The van der Waals surface area contributed by atoms with Crippen molar-refractivity contribution in [3.63, 3.8) is 0 Å². The Kier molecular flexibility index (Phi) is 2.60. The van der Waals surface area contributed by atoms with Crippen LogP contribution in [0.2, 0.25) is 0 Å². The Morgan fingerprint density at radius 1 is 0.923 bits per heavy atom. The molecule has 0 aromatic rings. The second kappa shape index (κ2) is 3.58. The first-order valence-corrected chi connectivity index (χ1v) is 6.75. The number of piperidine rings is 1. The molecule has 1 saturated heterocycles. The SMILES string of the molecule is O=S(=O)(C1CCC1)C1CCNCC1. The van der Waals surface area contributed by atoms with E-state index in [2.05, 4.69) is 5.32 Å². The van der Waals surface area contributed by atoms with Crippen LogP contribution in [0.1, 0.15) is 32.1 Å².